The Balaban J connectivity index is 0.00000180. The molecule has 4 aliphatic rings. The lowest BCUT2D eigenvalue weighted by Gasteiger charge is -2.55. The monoisotopic (exact) mass is 481 g/mol. The molecule has 0 amide bonds. The van der Waals surface area contributed by atoms with Crippen LogP contribution < -0.4 is 10.2 Å². The summed E-state index contributed by atoms with van der Waals surface area (Å²) >= 11 is 0. The van der Waals surface area contributed by atoms with Gasteiger partial charge >= 0.3 is 0 Å². The van der Waals surface area contributed by atoms with Crippen LogP contribution in [0.4, 0.5) is 5.69 Å². The van der Waals surface area contributed by atoms with Crippen molar-refractivity contribution in [2.45, 2.75) is 63.5 Å². The van der Waals surface area contributed by atoms with E-state index in [9.17, 15) is 0 Å². The van der Waals surface area contributed by atoms with Crippen LogP contribution in [0.1, 0.15) is 51.5 Å². The van der Waals surface area contributed by atoms with Gasteiger partial charge in [0.2, 0.25) is 0 Å². The summed E-state index contributed by atoms with van der Waals surface area (Å²) in [5.41, 5.74) is 3.40. The topological polar surface area (TPSA) is 36.9 Å². The Kier molecular flexibility index (Phi) is 4.98. The average molecular weight is 481 g/mol. The summed E-state index contributed by atoms with van der Waals surface area (Å²) in [5.74, 6) is 1.67. The van der Waals surface area contributed by atoms with Gasteiger partial charge in [0.15, 0.2) is 5.96 Å². The number of aliphatic imine (C=N–C) groups is 1. The third-order valence-corrected chi connectivity index (χ3v) is 7.64. The molecule has 1 saturated heterocycles. The number of hydrogen-bond donors (Lipinski definition) is 1. The molecular weight excluding hydrogens is 449 g/mol. The van der Waals surface area contributed by atoms with Gasteiger partial charge in [-0.1, -0.05) is 44.9 Å². The van der Waals surface area contributed by atoms with Crippen molar-refractivity contribution in [3.63, 3.8) is 0 Å². The van der Waals surface area contributed by atoms with Gasteiger partial charge in [-0.25, -0.2) is 0 Å². The van der Waals surface area contributed by atoms with E-state index in [4.69, 9.17) is 9.73 Å². The molecule has 3 fully saturated rings. The van der Waals surface area contributed by atoms with Crippen LogP contribution in [-0.4, -0.2) is 38.3 Å². The quantitative estimate of drug-likeness (QED) is 0.369. The predicted molar refractivity (Wildman–Crippen MR) is 121 cm³/mol. The number of fused-ring (bicyclic) bond motifs is 3. The Morgan fingerprint density at radius 1 is 1.22 bits per heavy atom. The van der Waals surface area contributed by atoms with E-state index in [-0.39, 0.29) is 29.4 Å². The van der Waals surface area contributed by atoms with Crippen LogP contribution >= 0.6 is 24.0 Å². The van der Waals surface area contributed by atoms with Crippen molar-refractivity contribution in [2.24, 2.45) is 16.3 Å². The molecule has 4 nitrogen and oxygen atoms in total. The van der Waals surface area contributed by atoms with Gasteiger partial charge in [0, 0.05) is 48.7 Å². The van der Waals surface area contributed by atoms with Crippen molar-refractivity contribution in [2.75, 3.05) is 25.1 Å². The lowest BCUT2D eigenvalue weighted by atomic mass is 9.57. The third kappa shape index (κ3) is 2.75. The molecule has 148 valence electrons. The summed E-state index contributed by atoms with van der Waals surface area (Å²) in [7, 11) is 1.93. The molecule has 1 aromatic rings. The maximum atomic E-state index is 5.98. The Labute approximate surface area is 180 Å². The van der Waals surface area contributed by atoms with E-state index in [1.54, 1.807) is 0 Å². The summed E-state index contributed by atoms with van der Waals surface area (Å²) in [6.07, 6.45) is 6.90. The zero-order valence-electron chi connectivity index (χ0n) is 16.7. The molecule has 2 aliphatic heterocycles. The minimum absolute atomic E-state index is 0. The van der Waals surface area contributed by atoms with E-state index in [1.165, 1.54) is 43.4 Å². The molecule has 5 heteroatoms. The highest BCUT2D eigenvalue weighted by Gasteiger charge is 2.60. The standard InChI is InChI=1S/C22H31N3O.HI/c1-21(2)18(15-10-13-26-19(15)21)24-20(23-3)25-14-22(11-6-7-12-22)16-8-4-5-9-17(16)25;/h4-5,8-9,15,18-19H,6-7,10-14H2,1-3H3,(H,23,24);1H. The van der Waals surface area contributed by atoms with Crippen LogP contribution in [0.25, 0.3) is 0 Å². The molecule has 2 heterocycles. The van der Waals surface area contributed by atoms with Gasteiger partial charge < -0.3 is 15.0 Å². The second-order valence-corrected chi connectivity index (χ2v) is 9.33. The summed E-state index contributed by atoms with van der Waals surface area (Å²) in [6, 6.07) is 9.45. The molecule has 1 N–H and O–H groups in total. The number of para-hydroxylation sites is 1. The number of rotatable bonds is 1. The van der Waals surface area contributed by atoms with Gasteiger partial charge in [0.25, 0.3) is 0 Å². The first kappa shape index (κ1) is 19.5. The Morgan fingerprint density at radius 3 is 2.70 bits per heavy atom. The Morgan fingerprint density at radius 2 is 1.96 bits per heavy atom. The molecule has 2 aliphatic carbocycles. The molecule has 1 spiro atoms. The highest BCUT2D eigenvalue weighted by Crippen LogP contribution is 2.53. The minimum Gasteiger partial charge on any atom is -0.377 e. The molecule has 1 aromatic carbocycles. The third-order valence-electron chi connectivity index (χ3n) is 7.64. The normalized spacial score (nSPS) is 32.6. The van der Waals surface area contributed by atoms with Crippen LogP contribution in [0.3, 0.4) is 0 Å². The van der Waals surface area contributed by atoms with Crippen molar-refractivity contribution in [3.8, 4) is 0 Å². The first-order valence-electron chi connectivity index (χ1n) is 10.3. The molecule has 0 radical (unpaired) electrons. The van der Waals surface area contributed by atoms with Crippen molar-refractivity contribution in [1.82, 2.24) is 5.32 Å². The highest BCUT2D eigenvalue weighted by molar-refractivity contribution is 14.0. The summed E-state index contributed by atoms with van der Waals surface area (Å²) in [6.45, 7) is 6.65. The van der Waals surface area contributed by atoms with Crippen LogP contribution in [-0.2, 0) is 10.2 Å². The highest BCUT2D eigenvalue weighted by atomic mass is 127. The molecule has 0 aromatic heterocycles. The van der Waals surface area contributed by atoms with Gasteiger partial charge in [-0.15, -0.1) is 24.0 Å². The Bertz CT molecular complexity index is 741. The fourth-order valence-electron chi connectivity index (χ4n) is 6.32. The summed E-state index contributed by atoms with van der Waals surface area (Å²) < 4.78 is 5.98. The lowest BCUT2D eigenvalue weighted by molar-refractivity contribution is -0.106. The first-order valence-corrected chi connectivity index (χ1v) is 10.3. The number of nitrogens with zero attached hydrogens (tertiary/aromatic N) is 2. The number of benzene rings is 1. The van der Waals surface area contributed by atoms with Gasteiger partial charge in [0.1, 0.15) is 0 Å². The van der Waals surface area contributed by atoms with E-state index >= 15 is 0 Å². The van der Waals surface area contributed by atoms with E-state index < -0.39 is 0 Å². The van der Waals surface area contributed by atoms with E-state index in [2.05, 4.69) is 48.3 Å². The van der Waals surface area contributed by atoms with Crippen molar-refractivity contribution in [3.05, 3.63) is 29.8 Å². The van der Waals surface area contributed by atoms with Crippen molar-refractivity contribution in [1.29, 1.82) is 0 Å². The number of halogens is 1. The molecule has 2 saturated carbocycles. The van der Waals surface area contributed by atoms with Crippen molar-refractivity contribution < 1.29 is 4.74 Å². The zero-order chi connectivity index (χ0) is 17.9. The van der Waals surface area contributed by atoms with Crippen LogP contribution in [0.15, 0.2) is 29.3 Å². The number of ether oxygens (including phenoxy) is 1. The molecule has 3 atom stereocenters. The first-order chi connectivity index (χ1) is 12.6. The smallest absolute Gasteiger partial charge is 0.198 e. The van der Waals surface area contributed by atoms with Crippen molar-refractivity contribution >= 4 is 35.6 Å². The zero-order valence-corrected chi connectivity index (χ0v) is 19.0. The van der Waals surface area contributed by atoms with Crippen LogP contribution in [0.5, 0.6) is 0 Å². The van der Waals surface area contributed by atoms with Gasteiger partial charge in [-0.2, -0.15) is 0 Å². The van der Waals surface area contributed by atoms with Gasteiger partial charge in [-0.3, -0.25) is 4.99 Å². The van der Waals surface area contributed by atoms with E-state index in [0.29, 0.717) is 23.5 Å². The van der Waals surface area contributed by atoms with Crippen LogP contribution in [0, 0.1) is 11.3 Å². The van der Waals surface area contributed by atoms with E-state index in [0.717, 1.165) is 19.1 Å². The number of nitrogens with one attached hydrogen (secondary N) is 1. The summed E-state index contributed by atoms with van der Waals surface area (Å²) in [4.78, 5) is 7.17. The predicted octanol–water partition coefficient (Wildman–Crippen LogP) is 4.33. The molecular formula is C22H32IN3O. The molecule has 0 bridgehead atoms. The SMILES string of the molecule is CN=C(NC1C2CCOC2C1(C)C)N1CC2(CCCC2)c2ccccc21.I. The number of hydrogen-bond acceptors (Lipinski definition) is 2. The lowest BCUT2D eigenvalue weighted by Crippen LogP contribution is -2.68. The largest absolute Gasteiger partial charge is 0.377 e. The summed E-state index contributed by atoms with van der Waals surface area (Å²) in [5, 5.41) is 3.85. The molecule has 3 unspecified atom stereocenters. The van der Waals surface area contributed by atoms with Crippen LogP contribution in [0.2, 0.25) is 0 Å². The second-order valence-electron chi connectivity index (χ2n) is 9.33. The van der Waals surface area contributed by atoms with E-state index in [1.807, 2.05) is 7.05 Å². The second kappa shape index (κ2) is 6.90. The minimum atomic E-state index is 0. The Hall–Kier alpha value is -0.820. The fourth-order valence-corrected chi connectivity index (χ4v) is 6.32. The average Bonchev–Trinajstić information content (AvgIpc) is 3.36. The maximum Gasteiger partial charge on any atom is 0.198 e. The fraction of sp³-hybridized carbons (Fsp3) is 0.682. The van der Waals surface area contributed by atoms with Gasteiger partial charge in [-0.05, 0) is 30.9 Å². The van der Waals surface area contributed by atoms with Gasteiger partial charge in [0.05, 0.1) is 6.10 Å². The molecule has 5 rings (SSSR count). The maximum absolute atomic E-state index is 5.98. The number of anilines is 1. The number of guanidine groups is 1. The molecule has 27 heavy (non-hydrogen) atoms.